The van der Waals surface area contributed by atoms with Gasteiger partial charge in [-0.3, -0.25) is 4.79 Å². The Labute approximate surface area is 188 Å². The maximum Gasteiger partial charge on any atom is 0.223 e. The van der Waals surface area contributed by atoms with Crippen LogP contribution in [0.25, 0.3) is 0 Å². The van der Waals surface area contributed by atoms with Gasteiger partial charge >= 0.3 is 0 Å². The number of nitrogens with zero attached hydrogens (tertiary/aromatic N) is 1. The van der Waals surface area contributed by atoms with E-state index in [9.17, 15) is 9.90 Å². The minimum atomic E-state index is -1.94. The highest BCUT2D eigenvalue weighted by Crippen LogP contribution is 2.53. The molecule has 0 aromatic heterocycles. The summed E-state index contributed by atoms with van der Waals surface area (Å²) in [6.45, 7) is 11.4. The van der Waals surface area contributed by atoms with Crippen LogP contribution in [0.5, 0.6) is 5.75 Å². The molecule has 2 heterocycles. The smallest absolute Gasteiger partial charge is 0.223 e. The first-order valence-corrected chi connectivity index (χ1v) is 14.7. The number of amides is 1. The summed E-state index contributed by atoms with van der Waals surface area (Å²) in [6.07, 6.45) is 4.51. The number of rotatable bonds is 5. The van der Waals surface area contributed by atoms with E-state index in [1.54, 1.807) is 7.11 Å². The van der Waals surface area contributed by atoms with E-state index in [-0.39, 0.29) is 34.5 Å². The molecule has 4 rings (SSSR count). The summed E-state index contributed by atoms with van der Waals surface area (Å²) in [5, 5.41) is 11.7. The lowest BCUT2D eigenvalue weighted by Crippen LogP contribution is -2.68. The van der Waals surface area contributed by atoms with Crippen LogP contribution in [0.15, 0.2) is 24.3 Å². The molecule has 0 unspecified atom stereocenters. The van der Waals surface area contributed by atoms with Gasteiger partial charge in [0.2, 0.25) is 5.91 Å². The summed E-state index contributed by atoms with van der Waals surface area (Å²) in [5.74, 6) is 1.12. The number of carbonyl (C=O) groups excluding carboxylic acids is 1. The molecule has 5 atom stereocenters. The molecule has 6 heteroatoms. The minimum absolute atomic E-state index is 0.0812. The molecule has 2 aliphatic heterocycles. The fourth-order valence-corrected chi connectivity index (χ4v) is 7.22. The summed E-state index contributed by atoms with van der Waals surface area (Å²) in [5.41, 5.74) is 1.03. The Hall–Kier alpha value is -1.37. The first-order chi connectivity index (χ1) is 14.5. The number of aliphatic hydroxyl groups excluding tert-OH is 1. The van der Waals surface area contributed by atoms with Gasteiger partial charge in [0.15, 0.2) is 8.32 Å². The van der Waals surface area contributed by atoms with Crippen LogP contribution in [0.1, 0.15) is 58.4 Å². The topological polar surface area (TPSA) is 59.0 Å². The molecule has 1 amide bonds. The fraction of sp³-hybridized carbons (Fsp3) is 0.720. The lowest BCUT2D eigenvalue weighted by atomic mass is 9.65. The second-order valence-corrected chi connectivity index (χ2v) is 16.2. The molecule has 2 saturated heterocycles. The molecule has 1 aromatic rings. The molecule has 1 aliphatic carbocycles. The lowest BCUT2D eigenvalue weighted by Gasteiger charge is -2.58. The maximum atomic E-state index is 13.0. The van der Waals surface area contributed by atoms with Crippen molar-refractivity contribution in [2.24, 2.45) is 5.92 Å². The number of benzene rings is 1. The van der Waals surface area contributed by atoms with E-state index in [1.807, 2.05) is 24.3 Å². The molecule has 1 N–H and O–H groups in total. The Morgan fingerprint density at radius 1 is 1.19 bits per heavy atom. The number of hydrogen-bond acceptors (Lipinski definition) is 4. The van der Waals surface area contributed by atoms with Gasteiger partial charge in [-0.25, -0.2) is 0 Å². The highest BCUT2D eigenvalue weighted by atomic mass is 28.4. The highest BCUT2D eigenvalue weighted by molar-refractivity contribution is 6.74. The number of aliphatic hydroxyl groups is 1. The molecular weight excluding hydrogens is 406 g/mol. The number of hydrogen-bond donors (Lipinski definition) is 1. The third kappa shape index (κ3) is 3.96. The van der Waals surface area contributed by atoms with Crippen molar-refractivity contribution in [3.05, 3.63) is 29.8 Å². The molecule has 3 fully saturated rings. The molecule has 1 spiro atoms. The summed E-state index contributed by atoms with van der Waals surface area (Å²) in [7, 11) is -0.277. The van der Waals surface area contributed by atoms with Crippen LogP contribution in [0.4, 0.5) is 0 Å². The second-order valence-electron chi connectivity index (χ2n) is 11.4. The predicted octanol–water partition coefficient (Wildman–Crippen LogP) is 4.53. The average molecular weight is 446 g/mol. The van der Waals surface area contributed by atoms with E-state index in [0.717, 1.165) is 37.0 Å². The number of carbonyl (C=O) groups is 1. The monoisotopic (exact) mass is 445 g/mol. The average Bonchev–Trinajstić information content (AvgIpc) is 3.02. The molecule has 2 bridgehead atoms. The molecule has 172 valence electrons. The summed E-state index contributed by atoms with van der Waals surface area (Å²) in [6, 6.07) is 7.82. The molecule has 0 radical (unpaired) electrons. The quantitative estimate of drug-likeness (QED) is 0.677. The fourth-order valence-electron chi connectivity index (χ4n) is 5.82. The van der Waals surface area contributed by atoms with E-state index in [4.69, 9.17) is 9.16 Å². The molecular formula is C25H39NO4Si. The van der Waals surface area contributed by atoms with Gasteiger partial charge in [0.1, 0.15) is 5.75 Å². The van der Waals surface area contributed by atoms with Crippen molar-refractivity contribution in [3.63, 3.8) is 0 Å². The molecule has 3 aliphatic rings. The Morgan fingerprint density at radius 2 is 1.87 bits per heavy atom. The van der Waals surface area contributed by atoms with Crippen molar-refractivity contribution in [2.75, 3.05) is 7.11 Å². The molecule has 31 heavy (non-hydrogen) atoms. The Bertz CT molecular complexity index is 818. The second kappa shape index (κ2) is 7.89. The van der Waals surface area contributed by atoms with E-state index in [0.29, 0.717) is 12.8 Å². The number of ether oxygens (including phenoxy) is 1. The van der Waals surface area contributed by atoms with Gasteiger partial charge in [-0.1, -0.05) is 32.9 Å². The standard InChI is InChI=1S/C25H39NO4Si/c1-24(2,3)31(5,6)30-21-11-13-25-14-12-22(27)26(25)20(23(28)19(21)16-25)15-17-7-9-18(29-4)10-8-17/h7-10,19-21,23,28H,11-16H2,1-6H3/t19-,20-,21-,23-,25+/m0/s1. The zero-order valence-corrected chi connectivity index (χ0v) is 21.0. The van der Waals surface area contributed by atoms with Crippen molar-refractivity contribution in [1.82, 2.24) is 4.90 Å². The predicted molar refractivity (Wildman–Crippen MR) is 125 cm³/mol. The van der Waals surface area contributed by atoms with Crippen molar-refractivity contribution in [3.8, 4) is 5.75 Å². The maximum absolute atomic E-state index is 13.0. The molecule has 1 saturated carbocycles. The van der Waals surface area contributed by atoms with Crippen LogP contribution in [-0.2, 0) is 15.6 Å². The van der Waals surface area contributed by atoms with Gasteiger partial charge in [-0.05, 0) is 67.9 Å². The molecule has 1 aromatic carbocycles. The normalized spacial score (nSPS) is 33.4. The summed E-state index contributed by atoms with van der Waals surface area (Å²) in [4.78, 5) is 15.0. The van der Waals surface area contributed by atoms with Gasteiger partial charge in [-0.15, -0.1) is 0 Å². The van der Waals surface area contributed by atoms with Crippen LogP contribution in [0.3, 0.4) is 0 Å². The van der Waals surface area contributed by atoms with Crippen molar-refractivity contribution >= 4 is 14.2 Å². The third-order valence-electron chi connectivity index (χ3n) is 8.59. The lowest BCUT2D eigenvalue weighted by molar-refractivity contribution is -0.165. The number of fused-ring (bicyclic) bond motifs is 1. The largest absolute Gasteiger partial charge is 0.497 e. The van der Waals surface area contributed by atoms with Crippen LogP contribution in [0.2, 0.25) is 18.1 Å². The van der Waals surface area contributed by atoms with E-state index in [2.05, 4.69) is 38.8 Å². The highest BCUT2D eigenvalue weighted by Gasteiger charge is 2.60. The van der Waals surface area contributed by atoms with Crippen LogP contribution >= 0.6 is 0 Å². The zero-order valence-electron chi connectivity index (χ0n) is 20.0. The Morgan fingerprint density at radius 3 is 2.48 bits per heavy atom. The summed E-state index contributed by atoms with van der Waals surface area (Å²) < 4.78 is 12.1. The van der Waals surface area contributed by atoms with Gasteiger partial charge in [-0.2, -0.15) is 0 Å². The van der Waals surface area contributed by atoms with Crippen molar-refractivity contribution in [1.29, 1.82) is 0 Å². The summed E-state index contributed by atoms with van der Waals surface area (Å²) >= 11 is 0. The SMILES string of the molecule is COc1ccc(C[C@H]2[C@@H](O)[C@H]3C[C@]4(CCC(=O)N24)CC[C@@H]3O[Si](C)(C)C(C)(C)C)cc1. The first-order valence-electron chi connectivity index (χ1n) is 11.8. The van der Waals surface area contributed by atoms with E-state index >= 15 is 0 Å². The van der Waals surface area contributed by atoms with Crippen LogP contribution < -0.4 is 4.74 Å². The third-order valence-corrected chi connectivity index (χ3v) is 13.1. The number of piperidine rings is 1. The van der Waals surface area contributed by atoms with Gasteiger partial charge < -0.3 is 19.2 Å². The molecule has 5 nitrogen and oxygen atoms in total. The van der Waals surface area contributed by atoms with E-state index < -0.39 is 14.4 Å². The minimum Gasteiger partial charge on any atom is -0.497 e. The Kier molecular flexibility index (Phi) is 5.80. The Balaban J connectivity index is 1.62. The first kappa shape index (κ1) is 22.8. The van der Waals surface area contributed by atoms with Gasteiger partial charge in [0, 0.05) is 17.9 Å². The zero-order chi connectivity index (χ0) is 22.6. The van der Waals surface area contributed by atoms with Gasteiger partial charge in [0.05, 0.1) is 25.4 Å². The van der Waals surface area contributed by atoms with E-state index in [1.165, 1.54) is 0 Å². The van der Waals surface area contributed by atoms with Gasteiger partial charge in [0.25, 0.3) is 0 Å². The number of methoxy groups -OCH3 is 1. The van der Waals surface area contributed by atoms with Crippen LogP contribution in [0, 0.1) is 5.92 Å². The van der Waals surface area contributed by atoms with Crippen LogP contribution in [-0.4, -0.2) is 55.1 Å². The van der Waals surface area contributed by atoms with Crippen molar-refractivity contribution < 1.29 is 19.1 Å². The van der Waals surface area contributed by atoms with Crippen molar-refractivity contribution in [2.45, 2.75) is 101 Å².